The van der Waals surface area contributed by atoms with E-state index in [1.165, 1.54) is 21.6 Å². The third-order valence-corrected chi connectivity index (χ3v) is 5.15. The Morgan fingerprint density at radius 1 is 1.18 bits per heavy atom. The van der Waals surface area contributed by atoms with Gasteiger partial charge in [-0.3, -0.25) is 0 Å². The molecule has 1 aliphatic heterocycles. The molecule has 2 heterocycles. The Morgan fingerprint density at radius 2 is 1.94 bits per heavy atom. The van der Waals surface area contributed by atoms with Crippen LogP contribution in [0.3, 0.4) is 0 Å². The van der Waals surface area contributed by atoms with Crippen LogP contribution in [0.25, 0.3) is 11.4 Å². The van der Waals surface area contributed by atoms with Crippen LogP contribution in [0.15, 0.2) is 53.1 Å². The number of rotatable bonds is 7. The molecule has 0 fully saturated rings. The molecule has 1 atom stereocenters. The van der Waals surface area contributed by atoms with Crippen molar-refractivity contribution in [2.75, 3.05) is 6.54 Å². The van der Waals surface area contributed by atoms with Crippen LogP contribution in [0, 0.1) is 5.92 Å². The number of ether oxygens (including phenoxy) is 1. The number of allylic oxidation sites excluding steroid dienone is 3. The van der Waals surface area contributed by atoms with Gasteiger partial charge < -0.3 is 9.26 Å². The number of alkyl halides is 3. The van der Waals surface area contributed by atoms with Gasteiger partial charge in [-0.05, 0) is 36.8 Å². The van der Waals surface area contributed by atoms with Crippen molar-refractivity contribution in [3.05, 3.63) is 54.5 Å². The van der Waals surface area contributed by atoms with Crippen LogP contribution in [-0.4, -0.2) is 50.2 Å². The van der Waals surface area contributed by atoms with Gasteiger partial charge in [-0.1, -0.05) is 36.7 Å². The number of benzene rings is 1. The quantitative estimate of drug-likeness (QED) is 0.577. The van der Waals surface area contributed by atoms with Gasteiger partial charge >= 0.3 is 18.3 Å². The molecule has 33 heavy (non-hydrogen) atoms. The zero-order valence-electron chi connectivity index (χ0n) is 17.6. The normalized spacial score (nSPS) is 18.2. The van der Waals surface area contributed by atoms with Crippen LogP contribution >= 0.6 is 0 Å². The van der Waals surface area contributed by atoms with Gasteiger partial charge in [0.05, 0.1) is 6.54 Å². The Hall–Kier alpha value is -3.76. The lowest BCUT2D eigenvalue weighted by Gasteiger charge is -2.26. The van der Waals surface area contributed by atoms with Crippen molar-refractivity contribution < 1.29 is 36.6 Å². The molecule has 1 aromatic heterocycles. The van der Waals surface area contributed by atoms with Gasteiger partial charge in [-0.2, -0.15) is 19.3 Å². The molecule has 2 aliphatic rings. The number of hydrogen-bond donors (Lipinski definition) is 0. The van der Waals surface area contributed by atoms with E-state index in [4.69, 9.17) is 4.52 Å². The number of hydrogen-bond acceptors (Lipinski definition) is 6. The predicted octanol–water partition coefficient (Wildman–Crippen LogP) is 4.09. The summed E-state index contributed by atoms with van der Waals surface area (Å²) in [5, 5.41) is 3.86. The van der Waals surface area contributed by atoms with Gasteiger partial charge in [-0.15, -0.1) is 13.2 Å². The van der Waals surface area contributed by atoms with E-state index in [1.807, 2.05) is 6.92 Å². The molecule has 0 N–H and O–H groups in total. The first-order valence-corrected chi connectivity index (χ1v) is 10.3. The highest BCUT2D eigenvalue weighted by Gasteiger charge is 2.46. The number of urea groups is 1. The number of amides is 3. The summed E-state index contributed by atoms with van der Waals surface area (Å²) in [6.07, 6.45) is 3.67. The summed E-state index contributed by atoms with van der Waals surface area (Å²) in [4.78, 5) is 31.4. The highest BCUT2D eigenvalue weighted by atomic mass is 19.4. The van der Waals surface area contributed by atoms with Crippen LogP contribution in [0.1, 0.15) is 25.7 Å². The molecule has 11 heteroatoms. The lowest BCUT2D eigenvalue weighted by atomic mass is 9.94. The van der Waals surface area contributed by atoms with Crippen molar-refractivity contribution >= 4 is 17.6 Å². The first kappa shape index (κ1) is 22.4. The highest BCUT2D eigenvalue weighted by molar-refractivity contribution is 6.16. The molecule has 172 valence electrons. The van der Waals surface area contributed by atoms with E-state index in [2.05, 4.69) is 14.9 Å². The van der Waals surface area contributed by atoms with E-state index in [-0.39, 0.29) is 29.9 Å². The molecule has 0 saturated heterocycles. The van der Waals surface area contributed by atoms with Gasteiger partial charge in [-0.25, -0.2) is 4.79 Å². The van der Waals surface area contributed by atoms with Crippen LogP contribution in [0.4, 0.5) is 18.0 Å². The van der Waals surface area contributed by atoms with Crippen LogP contribution in [0.2, 0.25) is 0 Å². The number of carbonyl (C=O) groups is 2. The molecule has 1 aromatic carbocycles. The largest absolute Gasteiger partial charge is 0.573 e. The molecule has 1 aliphatic carbocycles. The summed E-state index contributed by atoms with van der Waals surface area (Å²) in [5.41, 5.74) is 0.934. The maximum Gasteiger partial charge on any atom is 0.573 e. The Bertz CT molecular complexity index is 1150. The van der Waals surface area contributed by atoms with Crippen molar-refractivity contribution in [2.24, 2.45) is 5.92 Å². The molecular weight excluding hydrogens is 441 g/mol. The van der Waals surface area contributed by atoms with E-state index >= 15 is 0 Å². The van der Waals surface area contributed by atoms with E-state index in [1.54, 1.807) is 24.3 Å². The number of carbonyl (C=O) groups excluding carboxylic acids is 2. The molecule has 8 nitrogen and oxygen atoms in total. The van der Waals surface area contributed by atoms with E-state index in [9.17, 15) is 22.8 Å². The predicted molar refractivity (Wildman–Crippen MR) is 109 cm³/mol. The Balaban J connectivity index is 1.57. The first-order chi connectivity index (χ1) is 15.8. The molecule has 4 rings (SSSR count). The second-order valence-electron chi connectivity index (χ2n) is 7.44. The van der Waals surface area contributed by atoms with Crippen molar-refractivity contribution in [1.29, 1.82) is 0 Å². The number of aromatic nitrogens is 2. The van der Waals surface area contributed by atoms with Gasteiger partial charge in [0.1, 0.15) is 17.4 Å². The van der Waals surface area contributed by atoms with E-state index < -0.39 is 18.3 Å². The number of unbranched alkanes of at least 4 members (excludes halogenated alkanes) is 1. The molecule has 3 amide bonds. The van der Waals surface area contributed by atoms with Crippen molar-refractivity contribution in [2.45, 2.75) is 32.7 Å². The smallest absolute Gasteiger partial charge is 0.406 e. The minimum absolute atomic E-state index is 0.0545. The summed E-state index contributed by atoms with van der Waals surface area (Å²) in [5.74, 6) is -0.952. The third kappa shape index (κ3) is 4.86. The number of fused-ring (bicyclic) bond motifs is 1. The average molecular weight is 461 g/mol. The monoisotopic (exact) mass is 461 g/mol. The fraction of sp³-hybridized carbons (Fsp3) is 0.318. The van der Waals surface area contributed by atoms with E-state index in [0.29, 0.717) is 24.2 Å². The number of halogens is 3. The van der Waals surface area contributed by atoms with Crippen molar-refractivity contribution in [3.63, 3.8) is 0 Å². The standard InChI is InChI=1S/C22H20F3N4O4/c1-2-3-12-28-20(30)16-6-4-5-7-17(16)29(21(28)31)13-18-26-19(27-33-18)14-8-10-15(11-9-14)32-22(23,24)25/h4-11,16H,2-3,12-13H2,1H3/q+1. The Morgan fingerprint density at radius 3 is 2.64 bits per heavy atom. The van der Waals surface area contributed by atoms with E-state index in [0.717, 1.165) is 18.6 Å². The number of imide groups is 1. The topological polar surface area (TPSA) is 88.5 Å². The summed E-state index contributed by atoms with van der Waals surface area (Å²) in [6, 6.07) is 4.56. The minimum atomic E-state index is -4.79. The molecule has 0 saturated carbocycles. The molecular formula is C22H20F3N4O4+. The zero-order chi connectivity index (χ0) is 23.6. The summed E-state index contributed by atoms with van der Waals surface area (Å²) in [6.45, 7) is 2.23. The zero-order valence-corrected chi connectivity index (χ0v) is 17.6. The van der Waals surface area contributed by atoms with Gasteiger partial charge in [0, 0.05) is 5.56 Å². The molecule has 1 unspecified atom stereocenters. The fourth-order valence-corrected chi connectivity index (χ4v) is 3.57. The summed E-state index contributed by atoms with van der Waals surface area (Å²) in [7, 11) is 0. The molecule has 0 bridgehead atoms. The first-order valence-electron chi connectivity index (χ1n) is 10.3. The summed E-state index contributed by atoms with van der Waals surface area (Å²) >= 11 is 0. The van der Waals surface area contributed by atoms with Crippen molar-refractivity contribution in [1.82, 2.24) is 15.0 Å². The lowest BCUT2D eigenvalue weighted by Crippen LogP contribution is -2.54. The highest BCUT2D eigenvalue weighted by Crippen LogP contribution is 2.26. The average Bonchev–Trinajstić information content (AvgIpc) is 3.25. The number of nitrogens with zero attached hydrogens (tertiary/aromatic N) is 4. The second kappa shape index (κ2) is 9.00. The minimum Gasteiger partial charge on any atom is -0.406 e. The molecule has 2 aromatic rings. The van der Waals surface area contributed by atoms with Crippen LogP contribution in [-0.2, 0) is 11.3 Å². The maximum atomic E-state index is 13.1. The lowest BCUT2D eigenvalue weighted by molar-refractivity contribution is -0.460. The fourth-order valence-electron chi connectivity index (χ4n) is 3.57. The summed E-state index contributed by atoms with van der Waals surface area (Å²) < 4.78 is 47.6. The van der Waals surface area contributed by atoms with Crippen LogP contribution < -0.4 is 4.74 Å². The van der Waals surface area contributed by atoms with Gasteiger partial charge in [0.2, 0.25) is 5.82 Å². The van der Waals surface area contributed by atoms with Gasteiger partial charge in [0.15, 0.2) is 6.54 Å². The molecule has 0 radical (unpaired) electrons. The van der Waals surface area contributed by atoms with Gasteiger partial charge in [0.25, 0.3) is 5.89 Å². The Labute approximate surface area is 186 Å². The SMILES string of the molecule is CCCCN1C(=O)C2C=CC=CC2=[N+](Cc2nc(-c3ccc(OC(F)(F)F)cc3)no2)C1=O. The maximum absolute atomic E-state index is 13.1. The Kier molecular flexibility index (Phi) is 6.12. The van der Waals surface area contributed by atoms with Crippen molar-refractivity contribution in [3.8, 4) is 17.1 Å². The second-order valence-corrected chi connectivity index (χ2v) is 7.44. The third-order valence-electron chi connectivity index (χ3n) is 5.15. The van der Waals surface area contributed by atoms with Crippen LogP contribution in [0.5, 0.6) is 5.75 Å². The molecule has 0 spiro atoms.